The number of methoxy groups -OCH3 is 1. The molecule has 2 fully saturated rings. The fraction of sp³-hybridized carbons (Fsp3) is 0.438. The summed E-state index contributed by atoms with van der Waals surface area (Å²) in [4.78, 5) is 37.7. The summed E-state index contributed by atoms with van der Waals surface area (Å²) in [5, 5.41) is 3.04. The maximum Gasteiger partial charge on any atom is 0.337 e. The first kappa shape index (κ1) is 15.8. The van der Waals surface area contributed by atoms with Crippen LogP contribution in [0.25, 0.3) is 0 Å². The summed E-state index contributed by atoms with van der Waals surface area (Å²) in [6.45, 7) is 0.448. The molecule has 0 aromatic heterocycles. The minimum absolute atomic E-state index is 0.0297. The molecule has 1 aromatic rings. The maximum absolute atomic E-state index is 12.4. The van der Waals surface area contributed by atoms with Gasteiger partial charge in [-0.1, -0.05) is 11.6 Å². The van der Waals surface area contributed by atoms with E-state index in [1.54, 1.807) is 4.90 Å². The topological polar surface area (TPSA) is 75.7 Å². The van der Waals surface area contributed by atoms with Crippen molar-refractivity contribution >= 4 is 35.1 Å². The smallest absolute Gasteiger partial charge is 0.337 e. The molecule has 0 spiro atoms. The molecule has 0 bridgehead atoms. The van der Waals surface area contributed by atoms with Gasteiger partial charge in [0.1, 0.15) is 0 Å². The Labute approximate surface area is 138 Å². The number of rotatable bonds is 4. The molecule has 1 saturated carbocycles. The quantitative estimate of drug-likeness (QED) is 0.854. The first-order chi connectivity index (χ1) is 11.0. The van der Waals surface area contributed by atoms with Crippen molar-refractivity contribution in [3.05, 3.63) is 28.8 Å². The third kappa shape index (κ3) is 3.32. The highest BCUT2D eigenvalue weighted by Crippen LogP contribution is 2.33. The lowest BCUT2D eigenvalue weighted by molar-refractivity contribution is -0.128. The number of anilines is 1. The molecular formula is C16H17ClN2O4. The van der Waals surface area contributed by atoms with Crippen molar-refractivity contribution < 1.29 is 19.1 Å². The Bertz CT molecular complexity index is 672. The standard InChI is InChI=1S/C16H17ClN2O4/c1-23-16(22)9-2-5-12(17)13(6-9)18-15(21)10-7-14(20)19(8-10)11-3-4-11/h2,5-6,10-11H,3-4,7-8H2,1H3,(H,18,21)/t10-/m1/s1. The summed E-state index contributed by atoms with van der Waals surface area (Å²) < 4.78 is 4.65. The Morgan fingerprint density at radius 2 is 2.09 bits per heavy atom. The molecule has 1 aromatic carbocycles. The van der Waals surface area contributed by atoms with E-state index in [0.29, 0.717) is 28.9 Å². The third-order valence-corrected chi connectivity index (χ3v) is 4.49. The number of hydrogen-bond acceptors (Lipinski definition) is 4. The molecule has 1 aliphatic carbocycles. The van der Waals surface area contributed by atoms with Crippen LogP contribution in [-0.2, 0) is 14.3 Å². The average Bonchev–Trinajstić information content (AvgIpc) is 3.30. The Kier molecular flexibility index (Phi) is 4.26. The number of halogens is 1. The van der Waals surface area contributed by atoms with Crippen molar-refractivity contribution in [1.82, 2.24) is 4.90 Å². The molecule has 23 heavy (non-hydrogen) atoms. The number of benzene rings is 1. The fourth-order valence-corrected chi connectivity index (χ4v) is 2.91. The third-order valence-electron chi connectivity index (χ3n) is 4.16. The Hall–Kier alpha value is -2.08. The summed E-state index contributed by atoms with van der Waals surface area (Å²) >= 11 is 6.07. The summed E-state index contributed by atoms with van der Waals surface area (Å²) in [5.74, 6) is -1.12. The predicted molar refractivity (Wildman–Crippen MR) is 84.3 cm³/mol. The largest absolute Gasteiger partial charge is 0.465 e. The Morgan fingerprint density at radius 3 is 2.74 bits per heavy atom. The van der Waals surface area contributed by atoms with E-state index in [0.717, 1.165) is 12.8 Å². The van der Waals surface area contributed by atoms with Crippen LogP contribution in [0.15, 0.2) is 18.2 Å². The van der Waals surface area contributed by atoms with Gasteiger partial charge in [0.15, 0.2) is 0 Å². The fourth-order valence-electron chi connectivity index (χ4n) is 2.75. The summed E-state index contributed by atoms with van der Waals surface area (Å²) in [6.07, 6.45) is 2.26. The van der Waals surface area contributed by atoms with E-state index >= 15 is 0 Å². The van der Waals surface area contributed by atoms with E-state index in [1.807, 2.05) is 0 Å². The van der Waals surface area contributed by atoms with Crippen molar-refractivity contribution in [3.63, 3.8) is 0 Å². The van der Waals surface area contributed by atoms with Crippen molar-refractivity contribution in [1.29, 1.82) is 0 Å². The second-order valence-electron chi connectivity index (χ2n) is 5.85. The molecule has 1 aliphatic heterocycles. The number of nitrogens with one attached hydrogen (secondary N) is 1. The lowest BCUT2D eigenvalue weighted by atomic mass is 10.1. The van der Waals surface area contributed by atoms with Gasteiger partial charge in [0.25, 0.3) is 0 Å². The van der Waals surface area contributed by atoms with E-state index < -0.39 is 5.97 Å². The van der Waals surface area contributed by atoms with E-state index in [4.69, 9.17) is 11.6 Å². The summed E-state index contributed by atoms with van der Waals surface area (Å²) in [5.41, 5.74) is 0.645. The molecule has 0 radical (unpaired) electrons. The molecular weight excluding hydrogens is 320 g/mol. The van der Waals surface area contributed by atoms with E-state index in [-0.39, 0.29) is 24.2 Å². The van der Waals surface area contributed by atoms with Crippen LogP contribution in [0.1, 0.15) is 29.6 Å². The molecule has 2 amide bonds. The number of ether oxygens (including phenoxy) is 1. The molecule has 1 saturated heterocycles. The van der Waals surface area contributed by atoms with Gasteiger partial charge in [-0.3, -0.25) is 9.59 Å². The molecule has 6 nitrogen and oxygen atoms in total. The molecule has 2 aliphatic rings. The lowest BCUT2D eigenvalue weighted by Gasteiger charge is -2.15. The van der Waals surface area contributed by atoms with Crippen molar-refractivity contribution in [3.8, 4) is 0 Å². The molecule has 1 heterocycles. The highest BCUT2D eigenvalue weighted by molar-refractivity contribution is 6.33. The van der Waals surface area contributed by atoms with Crippen LogP contribution < -0.4 is 5.32 Å². The van der Waals surface area contributed by atoms with E-state index in [9.17, 15) is 14.4 Å². The van der Waals surface area contributed by atoms with Gasteiger partial charge in [-0.15, -0.1) is 0 Å². The van der Waals surface area contributed by atoms with E-state index in [1.165, 1.54) is 25.3 Å². The van der Waals surface area contributed by atoms with Gasteiger partial charge in [-0.05, 0) is 31.0 Å². The minimum atomic E-state index is -0.506. The van der Waals surface area contributed by atoms with Crippen molar-refractivity contribution in [2.24, 2.45) is 5.92 Å². The number of nitrogens with zero attached hydrogens (tertiary/aromatic N) is 1. The zero-order valence-corrected chi connectivity index (χ0v) is 13.4. The van der Waals surface area contributed by atoms with Gasteiger partial charge >= 0.3 is 5.97 Å². The number of esters is 1. The monoisotopic (exact) mass is 336 g/mol. The first-order valence-corrected chi connectivity index (χ1v) is 7.85. The van der Waals surface area contributed by atoms with Crippen LogP contribution in [-0.4, -0.2) is 42.4 Å². The lowest BCUT2D eigenvalue weighted by Crippen LogP contribution is -2.30. The normalized spacial score (nSPS) is 20.5. The first-order valence-electron chi connectivity index (χ1n) is 7.48. The van der Waals surface area contributed by atoms with Crippen LogP contribution in [0.3, 0.4) is 0 Å². The van der Waals surface area contributed by atoms with Crippen LogP contribution >= 0.6 is 11.6 Å². The Morgan fingerprint density at radius 1 is 1.35 bits per heavy atom. The molecule has 7 heteroatoms. The van der Waals surface area contributed by atoms with Gasteiger partial charge in [0.05, 0.1) is 29.3 Å². The van der Waals surface area contributed by atoms with Gasteiger partial charge in [-0.25, -0.2) is 4.79 Å². The number of likely N-dealkylation sites (tertiary alicyclic amines) is 1. The van der Waals surface area contributed by atoms with Gasteiger partial charge < -0.3 is 15.0 Å². The summed E-state index contributed by atoms with van der Waals surface area (Å²) in [6, 6.07) is 4.84. The number of carbonyl (C=O) groups excluding carboxylic acids is 3. The van der Waals surface area contributed by atoms with Gasteiger partial charge in [0, 0.05) is 19.0 Å². The Balaban J connectivity index is 1.70. The van der Waals surface area contributed by atoms with Crippen LogP contribution in [0.5, 0.6) is 0 Å². The summed E-state index contributed by atoms with van der Waals surface area (Å²) in [7, 11) is 1.28. The highest BCUT2D eigenvalue weighted by atomic mass is 35.5. The molecule has 0 unspecified atom stereocenters. The second kappa shape index (κ2) is 6.20. The zero-order chi connectivity index (χ0) is 16.6. The van der Waals surface area contributed by atoms with Crippen LogP contribution in [0, 0.1) is 5.92 Å². The van der Waals surface area contributed by atoms with Crippen LogP contribution in [0.2, 0.25) is 5.02 Å². The van der Waals surface area contributed by atoms with Crippen molar-refractivity contribution in [2.75, 3.05) is 19.0 Å². The molecule has 122 valence electrons. The molecule has 3 rings (SSSR count). The zero-order valence-electron chi connectivity index (χ0n) is 12.7. The number of amides is 2. The number of hydrogen-bond donors (Lipinski definition) is 1. The van der Waals surface area contributed by atoms with Gasteiger partial charge in [0.2, 0.25) is 11.8 Å². The predicted octanol–water partition coefficient (Wildman–Crippen LogP) is 2.08. The van der Waals surface area contributed by atoms with Crippen LogP contribution in [0.4, 0.5) is 5.69 Å². The van der Waals surface area contributed by atoms with Crippen molar-refractivity contribution in [2.45, 2.75) is 25.3 Å². The number of carbonyl (C=O) groups is 3. The second-order valence-corrected chi connectivity index (χ2v) is 6.26. The molecule has 1 N–H and O–H groups in total. The average molecular weight is 337 g/mol. The minimum Gasteiger partial charge on any atom is -0.465 e. The molecule has 1 atom stereocenters. The SMILES string of the molecule is COC(=O)c1ccc(Cl)c(NC(=O)[C@@H]2CC(=O)N(C3CC3)C2)c1. The maximum atomic E-state index is 12.4. The van der Waals surface area contributed by atoms with Gasteiger partial charge in [-0.2, -0.15) is 0 Å². The van der Waals surface area contributed by atoms with E-state index in [2.05, 4.69) is 10.1 Å². The highest BCUT2D eigenvalue weighted by Gasteiger charge is 2.41.